The molecular formula is C38H43ClN6O4. The van der Waals surface area contributed by atoms with Crippen LogP contribution in [0.4, 0.5) is 0 Å². The number of likely N-dealkylation sites (tertiary alicyclic amines) is 1. The van der Waals surface area contributed by atoms with Crippen LogP contribution >= 0.6 is 11.6 Å². The van der Waals surface area contributed by atoms with E-state index in [4.69, 9.17) is 25.8 Å². The molecule has 1 atom stereocenters. The van der Waals surface area contributed by atoms with Crippen LogP contribution in [0.1, 0.15) is 46.2 Å². The first kappa shape index (κ1) is 34.4. The van der Waals surface area contributed by atoms with Crippen LogP contribution in [-0.2, 0) is 26.3 Å². The maximum Gasteiger partial charge on any atom is 0.142 e. The molecule has 0 radical (unpaired) electrons. The Bertz CT molecular complexity index is 1800. The Labute approximate surface area is 292 Å². The largest absolute Gasteiger partial charge is 0.493 e. The Morgan fingerprint density at radius 3 is 2.45 bits per heavy atom. The number of aromatic amines is 1. The molecule has 1 aliphatic rings. The Balaban J connectivity index is 1.13. The van der Waals surface area contributed by atoms with E-state index in [0.29, 0.717) is 49.4 Å². The van der Waals surface area contributed by atoms with Crippen LogP contribution in [0.25, 0.3) is 11.1 Å². The van der Waals surface area contributed by atoms with Crippen molar-refractivity contribution in [2.24, 2.45) is 0 Å². The lowest BCUT2D eigenvalue weighted by atomic mass is 9.93. The van der Waals surface area contributed by atoms with Crippen molar-refractivity contribution < 1.29 is 19.3 Å². The molecule has 0 bridgehead atoms. The summed E-state index contributed by atoms with van der Waals surface area (Å²) >= 11 is 6.79. The number of rotatable bonds is 16. The highest BCUT2D eigenvalue weighted by Crippen LogP contribution is 2.36. The van der Waals surface area contributed by atoms with E-state index in [0.717, 1.165) is 82.7 Å². The first-order valence-corrected chi connectivity index (χ1v) is 17.0. The minimum atomic E-state index is -0.194. The number of β-amino-alcohol motifs (C(OH)–C–C–N with tert-alkyl or cyclic N) is 1. The first-order chi connectivity index (χ1) is 23.9. The topological polar surface area (TPSA) is 118 Å². The zero-order chi connectivity index (χ0) is 34.0. The summed E-state index contributed by atoms with van der Waals surface area (Å²) < 4.78 is 18.8. The lowest BCUT2D eigenvalue weighted by molar-refractivity contribution is 0.173. The quantitative estimate of drug-likeness (QED) is 0.101. The molecule has 0 amide bonds. The summed E-state index contributed by atoms with van der Waals surface area (Å²) in [6, 6.07) is 16.2. The van der Waals surface area contributed by atoms with Gasteiger partial charge in [0.05, 0.1) is 23.9 Å². The van der Waals surface area contributed by atoms with Crippen LogP contribution in [0, 0.1) is 13.8 Å². The maximum atomic E-state index is 9.78. The van der Waals surface area contributed by atoms with Gasteiger partial charge in [0.25, 0.3) is 0 Å². The van der Waals surface area contributed by atoms with E-state index in [-0.39, 0.29) is 6.10 Å². The molecule has 2 aromatic heterocycles. The molecule has 6 rings (SSSR count). The van der Waals surface area contributed by atoms with Gasteiger partial charge in [-0.25, -0.2) is 9.97 Å². The molecule has 1 aliphatic heterocycles. The van der Waals surface area contributed by atoms with Crippen molar-refractivity contribution in [1.29, 1.82) is 0 Å². The molecule has 0 spiro atoms. The van der Waals surface area contributed by atoms with E-state index in [1.807, 2.05) is 30.5 Å². The molecule has 0 saturated carbocycles. The second-order valence-electron chi connectivity index (χ2n) is 12.4. The van der Waals surface area contributed by atoms with Gasteiger partial charge in [-0.1, -0.05) is 41.9 Å². The third-order valence-electron chi connectivity index (χ3n) is 8.85. The monoisotopic (exact) mass is 682 g/mol. The fraction of sp³-hybridized carbons (Fsp3) is 0.342. The zero-order valence-electron chi connectivity index (χ0n) is 28.0. The number of ether oxygens (including phenoxy) is 3. The van der Waals surface area contributed by atoms with Crippen LogP contribution in [0.5, 0.6) is 17.2 Å². The van der Waals surface area contributed by atoms with Gasteiger partial charge in [-0.05, 0) is 66.6 Å². The van der Waals surface area contributed by atoms with E-state index in [2.05, 4.69) is 68.5 Å². The number of H-pyrrole nitrogens is 1. The molecule has 256 valence electrons. The SMILES string of the molecule is Cc1c(COc2cc(OCc3cncnc3)c(CNCc3cn[nH]c3)cc2Cl)cccc1-c1cccc(OCCCN2CC[C@@H](O)C2)c1C. The Morgan fingerprint density at radius 2 is 1.67 bits per heavy atom. The average molecular weight is 683 g/mol. The number of nitrogens with one attached hydrogen (secondary N) is 2. The van der Waals surface area contributed by atoms with E-state index in [1.165, 1.54) is 6.33 Å². The molecule has 0 aliphatic carbocycles. The van der Waals surface area contributed by atoms with Gasteiger partial charge in [0, 0.05) is 74.1 Å². The summed E-state index contributed by atoms with van der Waals surface area (Å²) in [5, 5.41) is 20.6. The molecule has 3 heterocycles. The molecule has 1 fully saturated rings. The van der Waals surface area contributed by atoms with Crippen molar-refractivity contribution in [2.45, 2.75) is 59.1 Å². The van der Waals surface area contributed by atoms with Gasteiger partial charge in [-0.15, -0.1) is 0 Å². The van der Waals surface area contributed by atoms with Crippen molar-refractivity contribution in [3.05, 3.63) is 118 Å². The molecule has 3 aromatic carbocycles. The third kappa shape index (κ3) is 9.16. The zero-order valence-corrected chi connectivity index (χ0v) is 28.7. The second kappa shape index (κ2) is 16.8. The van der Waals surface area contributed by atoms with Crippen molar-refractivity contribution in [3.63, 3.8) is 0 Å². The predicted molar refractivity (Wildman–Crippen MR) is 190 cm³/mol. The number of nitrogens with zero attached hydrogens (tertiary/aromatic N) is 4. The Hall–Kier alpha value is -4.48. The van der Waals surface area contributed by atoms with E-state index < -0.39 is 0 Å². The maximum absolute atomic E-state index is 9.78. The first-order valence-electron chi connectivity index (χ1n) is 16.7. The summed E-state index contributed by atoms with van der Waals surface area (Å²) in [5.74, 6) is 2.10. The van der Waals surface area contributed by atoms with Gasteiger partial charge in [-0.2, -0.15) is 5.10 Å². The molecular weight excluding hydrogens is 640 g/mol. The van der Waals surface area contributed by atoms with Crippen LogP contribution in [0.3, 0.4) is 0 Å². The Morgan fingerprint density at radius 1 is 0.878 bits per heavy atom. The van der Waals surface area contributed by atoms with Gasteiger partial charge >= 0.3 is 0 Å². The highest BCUT2D eigenvalue weighted by atomic mass is 35.5. The lowest BCUT2D eigenvalue weighted by Crippen LogP contribution is -2.24. The number of benzene rings is 3. The predicted octanol–water partition coefficient (Wildman–Crippen LogP) is 6.42. The standard InChI is InChI=1S/C38H43ClN6O4/c1-26-30(6-3-7-33(26)34-8-4-9-36(27(34)2)47-13-5-11-45-12-10-32(46)22-45)24-49-38-15-37(48-23-29-17-41-25-42-18-29)31(14-35(38)39)21-40-16-28-19-43-44-20-28/h3-4,6-9,14-15,17-20,25,32,40,46H,5,10-13,16,21-24H2,1-2H3,(H,43,44)/t32-/m1/s1. The van der Waals surface area contributed by atoms with Gasteiger partial charge < -0.3 is 29.5 Å². The van der Waals surface area contributed by atoms with Gasteiger partial charge in [0.1, 0.15) is 36.8 Å². The third-order valence-corrected chi connectivity index (χ3v) is 9.15. The van der Waals surface area contributed by atoms with E-state index >= 15 is 0 Å². The van der Waals surface area contributed by atoms with Crippen LogP contribution in [0.2, 0.25) is 5.02 Å². The molecule has 11 heteroatoms. The number of aliphatic hydroxyl groups excluding tert-OH is 1. The molecule has 3 N–H and O–H groups in total. The van der Waals surface area contributed by atoms with Gasteiger partial charge in [0.15, 0.2) is 0 Å². The number of aromatic nitrogens is 4. The molecule has 1 saturated heterocycles. The highest BCUT2D eigenvalue weighted by molar-refractivity contribution is 6.32. The summed E-state index contributed by atoms with van der Waals surface area (Å²) in [4.78, 5) is 10.5. The minimum absolute atomic E-state index is 0.194. The number of hydrogen-bond acceptors (Lipinski definition) is 9. The number of hydrogen-bond donors (Lipinski definition) is 3. The molecule has 0 unspecified atom stereocenters. The van der Waals surface area contributed by atoms with Crippen molar-refractivity contribution >= 4 is 11.6 Å². The van der Waals surface area contributed by atoms with Crippen LogP contribution < -0.4 is 19.5 Å². The van der Waals surface area contributed by atoms with Crippen molar-refractivity contribution in [2.75, 3.05) is 26.2 Å². The molecule has 5 aromatic rings. The van der Waals surface area contributed by atoms with E-state index in [9.17, 15) is 5.11 Å². The van der Waals surface area contributed by atoms with Crippen LogP contribution in [-0.4, -0.2) is 62.5 Å². The van der Waals surface area contributed by atoms with Crippen LogP contribution in [0.15, 0.2) is 79.6 Å². The van der Waals surface area contributed by atoms with Crippen molar-refractivity contribution in [1.82, 2.24) is 30.4 Å². The smallest absolute Gasteiger partial charge is 0.142 e. The number of aliphatic hydroxyl groups is 1. The fourth-order valence-electron chi connectivity index (χ4n) is 6.08. The molecule has 49 heavy (non-hydrogen) atoms. The average Bonchev–Trinajstić information content (AvgIpc) is 3.79. The lowest BCUT2D eigenvalue weighted by Gasteiger charge is -2.19. The highest BCUT2D eigenvalue weighted by Gasteiger charge is 2.19. The summed E-state index contributed by atoms with van der Waals surface area (Å²) in [6.07, 6.45) is 10.2. The van der Waals surface area contributed by atoms with E-state index in [1.54, 1.807) is 18.6 Å². The number of halogens is 1. The van der Waals surface area contributed by atoms with Crippen molar-refractivity contribution in [3.8, 4) is 28.4 Å². The summed E-state index contributed by atoms with van der Waals surface area (Å²) in [6.45, 7) is 9.34. The minimum Gasteiger partial charge on any atom is -0.493 e. The normalized spacial score (nSPS) is 14.7. The fourth-order valence-corrected chi connectivity index (χ4v) is 6.32. The molecule has 10 nitrogen and oxygen atoms in total. The second-order valence-corrected chi connectivity index (χ2v) is 12.8. The summed E-state index contributed by atoms with van der Waals surface area (Å²) in [7, 11) is 0. The van der Waals surface area contributed by atoms with Gasteiger partial charge in [-0.3, -0.25) is 5.10 Å². The van der Waals surface area contributed by atoms with Gasteiger partial charge in [0.2, 0.25) is 0 Å². The summed E-state index contributed by atoms with van der Waals surface area (Å²) in [5.41, 5.74) is 8.37. The Kier molecular flexibility index (Phi) is 11.8.